The molecule has 6 heteroatoms. The third-order valence-corrected chi connectivity index (χ3v) is 3.08. The van der Waals surface area contributed by atoms with Gasteiger partial charge in [-0.25, -0.2) is 0 Å². The molecule has 6 nitrogen and oxygen atoms in total. The highest BCUT2D eigenvalue weighted by molar-refractivity contribution is 5.75. The van der Waals surface area contributed by atoms with E-state index in [0.717, 1.165) is 11.8 Å². The van der Waals surface area contributed by atoms with Crippen molar-refractivity contribution in [1.29, 1.82) is 0 Å². The van der Waals surface area contributed by atoms with Gasteiger partial charge in [0.05, 0.1) is 9.30 Å². The van der Waals surface area contributed by atoms with E-state index in [1.165, 1.54) is 0 Å². The summed E-state index contributed by atoms with van der Waals surface area (Å²) >= 11 is 0. The standard InChI is InChI=1S/C10H12O3.C9H10O3/c1-11-7-13-9-4-2-3-8(5-9)10-6-12-10;1-11-7-12-9-4-2-3-8(5-9)6-10/h2-5,10H,6-7H2,1H3;2-6H,7H2,1H3/i6D2;. The lowest BCUT2D eigenvalue weighted by Gasteiger charge is -2.05. The first kappa shape index (κ1) is 16.1. The smallest absolute Gasteiger partial charge is 0.188 e. The zero-order valence-electron chi connectivity index (χ0n) is 16.1. The number of hydrogen-bond donors (Lipinski definition) is 0. The molecule has 3 rings (SSSR count). The molecule has 25 heavy (non-hydrogen) atoms. The molecule has 2 aromatic carbocycles. The predicted octanol–water partition coefficient (Wildman–Crippen LogP) is 3.22. The van der Waals surface area contributed by atoms with Crippen molar-refractivity contribution in [2.75, 3.05) is 34.4 Å². The highest BCUT2D eigenvalue weighted by Crippen LogP contribution is 2.31. The zero-order valence-corrected chi connectivity index (χ0v) is 14.1. The van der Waals surface area contributed by atoms with Crippen LogP contribution in [-0.4, -0.2) is 40.7 Å². The van der Waals surface area contributed by atoms with Crippen LogP contribution in [0.2, 0.25) is 0 Å². The van der Waals surface area contributed by atoms with Crippen molar-refractivity contribution in [1.82, 2.24) is 0 Å². The quantitative estimate of drug-likeness (QED) is 0.415. The van der Waals surface area contributed by atoms with Gasteiger partial charge < -0.3 is 23.7 Å². The van der Waals surface area contributed by atoms with Crippen LogP contribution in [-0.2, 0) is 14.2 Å². The first-order chi connectivity index (χ1) is 13.0. The van der Waals surface area contributed by atoms with Crippen molar-refractivity contribution in [3.05, 3.63) is 59.7 Å². The first-order valence-electron chi connectivity index (χ1n) is 8.56. The monoisotopic (exact) mass is 348 g/mol. The summed E-state index contributed by atoms with van der Waals surface area (Å²) in [7, 11) is 3.09. The van der Waals surface area contributed by atoms with Gasteiger partial charge in [-0.1, -0.05) is 24.3 Å². The molecule has 2 aromatic rings. The Morgan fingerprint density at radius 2 is 1.68 bits per heavy atom. The van der Waals surface area contributed by atoms with Crippen LogP contribution in [0.5, 0.6) is 11.5 Å². The van der Waals surface area contributed by atoms with Crippen LogP contribution in [0.3, 0.4) is 0 Å². The van der Waals surface area contributed by atoms with Gasteiger partial charge in [-0.2, -0.15) is 0 Å². The first-order valence-corrected chi connectivity index (χ1v) is 7.56. The van der Waals surface area contributed by atoms with Crippen molar-refractivity contribution in [3.8, 4) is 11.5 Å². The Labute approximate surface area is 150 Å². The molecule has 1 saturated heterocycles. The third-order valence-electron chi connectivity index (χ3n) is 3.08. The van der Waals surface area contributed by atoms with Gasteiger partial charge in [0.1, 0.15) is 23.9 Å². The highest BCUT2D eigenvalue weighted by atomic mass is 16.7. The summed E-state index contributed by atoms with van der Waals surface area (Å²) in [6.45, 7) is -1.15. The number of epoxide rings is 1. The molecule has 1 unspecified atom stereocenters. The fraction of sp³-hybridized carbons (Fsp3) is 0.316. The Morgan fingerprint density at radius 3 is 2.24 bits per heavy atom. The molecular weight excluding hydrogens is 324 g/mol. The minimum atomic E-state index is -1.53. The van der Waals surface area contributed by atoms with E-state index in [2.05, 4.69) is 0 Å². The molecular formula is C19H22O6. The maximum Gasteiger partial charge on any atom is 0.188 e. The van der Waals surface area contributed by atoms with Crippen molar-refractivity contribution in [2.24, 2.45) is 0 Å². The van der Waals surface area contributed by atoms with Crippen LogP contribution in [0.15, 0.2) is 48.5 Å². The zero-order chi connectivity index (χ0) is 19.7. The Bertz CT molecular complexity index is 738. The molecule has 0 aromatic heterocycles. The summed E-state index contributed by atoms with van der Waals surface area (Å²) in [6, 6.07) is 14.1. The summed E-state index contributed by atoms with van der Waals surface area (Å²) in [5.41, 5.74) is 1.39. The third kappa shape index (κ3) is 6.93. The second kappa shape index (κ2) is 10.5. The Hall–Kier alpha value is -2.41. The van der Waals surface area contributed by atoms with Gasteiger partial charge in [-0.05, 0) is 29.8 Å². The molecule has 1 fully saturated rings. The van der Waals surface area contributed by atoms with Crippen LogP contribution in [0.4, 0.5) is 0 Å². The van der Waals surface area contributed by atoms with E-state index in [1.54, 1.807) is 56.7 Å². The van der Waals surface area contributed by atoms with Gasteiger partial charge in [-0.3, -0.25) is 4.79 Å². The Balaban J connectivity index is 0.000000199. The second-order valence-corrected chi connectivity index (χ2v) is 4.98. The maximum atomic E-state index is 10.3. The number of carbonyl (C=O) groups is 1. The van der Waals surface area contributed by atoms with Crippen LogP contribution in [0.1, 0.15) is 24.8 Å². The number of aldehydes is 1. The summed E-state index contributed by atoms with van der Waals surface area (Å²) in [4.78, 5) is 10.3. The van der Waals surface area contributed by atoms with Gasteiger partial charge in [-0.15, -0.1) is 0 Å². The molecule has 134 valence electrons. The van der Waals surface area contributed by atoms with Crippen molar-refractivity contribution in [2.45, 2.75) is 6.10 Å². The van der Waals surface area contributed by atoms with Gasteiger partial charge >= 0.3 is 0 Å². The van der Waals surface area contributed by atoms with Gasteiger partial charge in [0.25, 0.3) is 0 Å². The fourth-order valence-electron chi connectivity index (χ4n) is 1.87. The van der Waals surface area contributed by atoms with Crippen LogP contribution >= 0.6 is 0 Å². The maximum absolute atomic E-state index is 10.3. The van der Waals surface area contributed by atoms with Gasteiger partial charge in [0.2, 0.25) is 0 Å². The van der Waals surface area contributed by atoms with Crippen molar-refractivity contribution < 1.29 is 31.2 Å². The second-order valence-electron chi connectivity index (χ2n) is 4.98. The molecule has 0 amide bonds. The van der Waals surface area contributed by atoms with E-state index in [4.69, 9.17) is 26.4 Å². The highest BCUT2D eigenvalue weighted by Gasteiger charge is 2.24. The minimum absolute atomic E-state index is 0.182. The molecule has 0 radical (unpaired) electrons. The lowest BCUT2D eigenvalue weighted by molar-refractivity contribution is 0.0509. The average molecular weight is 348 g/mol. The molecule has 0 N–H and O–H groups in total. The summed E-state index contributed by atoms with van der Waals surface area (Å²) < 4.78 is 39.4. The predicted molar refractivity (Wildman–Crippen MR) is 92.0 cm³/mol. The minimum Gasteiger partial charge on any atom is -0.468 e. The lowest BCUT2D eigenvalue weighted by Crippen LogP contribution is -1.98. The molecule has 1 atom stereocenters. The van der Waals surface area contributed by atoms with Crippen LogP contribution in [0, 0.1) is 0 Å². The van der Waals surface area contributed by atoms with E-state index in [0.29, 0.717) is 17.1 Å². The van der Waals surface area contributed by atoms with Gasteiger partial charge in [0.15, 0.2) is 13.6 Å². The molecule has 0 saturated carbocycles. The normalized spacial score (nSPS) is 18.1. The van der Waals surface area contributed by atoms with Crippen LogP contribution < -0.4 is 9.47 Å². The van der Waals surface area contributed by atoms with Crippen molar-refractivity contribution in [3.63, 3.8) is 0 Å². The van der Waals surface area contributed by atoms with Crippen LogP contribution in [0.25, 0.3) is 0 Å². The average Bonchev–Trinajstić information content (AvgIpc) is 3.34. The number of ether oxygens (including phenoxy) is 5. The molecule has 1 aliphatic heterocycles. The number of carbonyl (C=O) groups excluding carboxylic acids is 1. The number of rotatable bonds is 8. The fourth-order valence-corrected chi connectivity index (χ4v) is 1.87. The molecule has 0 spiro atoms. The summed E-state index contributed by atoms with van der Waals surface area (Å²) in [6.07, 6.45) is 0.309. The lowest BCUT2D eigenvalue weighted by atomic mass is 10.1. The number of hydrogen-bond acceptors (Lipinski definition) is 6. The molecule has 1 heterocycles. The van der Waals surface area contributed by atoms with E-state index in [-0.39, 0.29) is 13.6 Å². The summed E-state index contributed by atoms with van der Waals surface area (Å²) in [5.74, 6) is 1.29. The Kier molecular flexibility index (Phi) is 6.72. The van der Waals surface area contributed by atoms with Crippen molar-refractivity contribution >= 4 is 6.29 Å². The van der Waals surface area contributed by atoms with E-state index < -0.39 is 12.7 Å². The molecule has 1 aliphatic rings. The number of benzene rings is 2. The largest absolute Gasteiger partial charge is 0.468 e. The number of methoxy groups -OCH3 is 2. The van der Waals surface area contributed by atoms with E-state index in [9.17, 15) is 4.79 Å². The summed E-state index contributed by atoms with van der Waals surface area (Å²) in [5, 5.41) is 0. The molecule has 0 aliphatic carbocycles. The SMILES string of the molecule is COCOc1cccc(C=O)c1.[2H]C1([2H])OC1c1cccc(OCOC)c1. The van der Waals surface area contributed by atoms with E-state index >= 15 is 0 Å². The van der Waals surface area contributed by atoms with E-state index in [1.807, 2.05) is 6.07 Å². The molecule has 0 bridgehead atoms. The topological polar surface area (TPSA) is 66.5 Å². The Morgan fingerprint density at radius 1 is 1.08 bits per heavy atom. The van der Waals surface area contributed by atoms with Gasteiger partial charge in [0, 0.05) is 19.8 Å².